The Morgan fingerprint density at radius 1 is 0.920 bits per heavy atom. The average Bonchev–Trinajstić information content (AvgIpc) is 3.02. The van der Waals surface area contributed by atoms with Crippen molar-refractivity contribution in [2.75, 3.05) is 0 Å². The molecule has 1 aliphatic rings. The molecule has 0 radical (unpaired) electrons. The molecule has 0 bridgehead atoms. The number of aryl methyl sites for hydroxylation is 1. The molecular formula is C19H12Cl2N2O2. The largest absolute Gasteiger partial charge is 0.290 e. The molecule has 0 aliphatic heterocycles. The number of hydrogen-bond acceptors (Lipinski definition) is 3. The van der Waals surface area contributed by atoms with Gasteiger partial charge in [0.05, 0.1) is 0 Å². The fraction of sp³-hybridized carbons (Fsp3) is 0.105. The number of carbonyl (C=O) groups is 2. The lowest BCUT2D eigenvalue weighted by atomic mass is 9.90. The molecule has 124 valence electrons. The van der Waals surface area contributed by atoms with Gasteiger partial charge in [0, 0.05) is 16.8 Å². The van der Waals surface area contributed by atoms with E-state index in [9.17, 15) is 9.59 Å². The van der Waals surface area contributed by atoms with Crippen LogP contribution in [0.2, 0.25) is 0 Å². The van der Waals surface area contributed by atoms with Gasteiger partial charge in [-0.2, -0.15) is 0 Å². The zero-order valence-corrected chi connectivity index (χ0v) is 14.7. The molecule has 1 aliphatic carbocycles. The third-order valence-corrected chi connectivity index (χ3v) is 4.63. The molecule has 0 atom stereocenters. The Labute approximate surface area is 154 Å². The first-order valence-corrected chi connectivity index (χ1v) is 8.52. The minimum atomic E-state index is -0.976. The predicted octanol–water partition coefficient (Wildman–Crippen LogP) is 4.43. The van der Waals surface area contributed by atoms with E-state index < -0.39 is 4.84 Å². The molecule has 4 nitrogen and oxygen atoms in total. The van der Waals surface area contributed by atoms with Crippen LogP contribution in [0.15, 0.2) is 48.5 Å². The van der Waals surface area contributed by atoms with E-state index in [1.807, 2.05) is 31.2 Å². The standard InChI is InChI=1S/C19H12Cl2N2O2/c1-10-6-8-11(9-7-10)23-15-14(22-19(23)18(20)21)16(24)12-4-2-3-5-13(12)17(15)25/h2-9,18H,1H3. The Balaban J connectivity index is 2.03. The highest BCUT2D eigenvalue weighted by Crippen LogP contribution is 2.34. The maximum absolute atomic E-state index is 13.1. The minimum Gasteiger partial charge on any atom is -0.290 e. The number of halogens is 2. The molecule has 0 unspecified atom stereocenters. The number of imidazole rings is 1. The molecule has 3 aromatic rings. The molecule has 0 saturated heterocycles. The number of alkyl halides is 2. The summed E-state index contributed by atoms with van der Waals surface area (Å²) in [6, 6.07) is 14.2. The van der Waals surface area contributed by atoms with E-state index in [1.165, 1.54) is 0 Å². The van der Waals surface area contributed by atoms with Crippen LogP contribution in [0.25, 0.3) is 5.69 Å². The third-order valence-electron chi connectivity index (χ3n) is 4.24. The average molecular weight is 371 g/mol. The fourth-order valence-electron chi connectivity index (χ4n) is 3.04. The number of hydrogen-bond donors (Lipinski definition) is 0. The number of nitrogens with zero attached hydrogens (tertiary/aromatic N) is 2. The summed E-state index contributed by atoms with van der Waals surface area (Å²) in [6.45, 7) is 1.96. The van der Waals surface area contributed by atoms with Crippen molar-refractivity contribution in [3.63, 3.8) is 0 Å². The van der Waals surface area contributed by atoms with Gasteiger partial charge in [0.25, 0.3) is 0 Å². The van der Waals surface area contributed by atoms with E-state index >= 15 is 0 Å². The first-order valence-electron chi connectivity index (χ1n) is 7.65. The van der Waals surface area contributed by atoms with Crippen LogP contribution in [0.5, 0.6) is 0 Å². The zero-order valence-electron chi connectivity index (χ0n) is 13.2. The van der Waals surface area contributed by atoms with E-state index in [0.29, 0.717) is 16.8 Å². The highest BCUT2D eigenvalue weighted by molar-refractivity contribution is 6.44. The fourth-order valence-corrected chi connectivity index (χ4v) is 3.33. The molecule has 0 fully saturated rings. The zero-order chi connectivity index (χ0) is 17.7. The van der Waals surface area contributed by atoms with Crippen molar-refractivity contribution in [1.29, 1.82) is 0 Å². The summed E-state index contributed by atoms with van der Waals surface area (Å²) < 4.78 is 1.58. The van der Waals surface area contributed by atoms with Crippen LogP contribution >= 0.6 is 23.2 Å². The highest BCUT2D eigenvalue weighted by atomic mass is 35.5. The summed E-state index contributed by atoms with van der Waals surface area (Å²) >= 11 is 12.2. The van der Waals surface area contributed by atoms with Crippen molar-refractivity contribution >= 4 is 34.8 Å². The topological polar surface area (TPSA) is 52.0 Å². The normalized spacial score (nSPS) is 13.1. The summed E-state index contributed by atoms with van der Waals surface area (Å²) in [5, 5.41) is 0. The lowest BCUT2D eigenvalue weighted by molar-refractivity contribution is 0.0972. The number of carbonyl (C=O) groups excluding carboxylic acids is 2. The number of rotatable bonds is 2. The van der Waals surface area contributed by atoms with E-state index in [2.05, 4.69) is 4.98 Å². The monoisotopic (exact) mass is 370 g/mol. The minimum absolute atomic E-state index is 0.0885. The van der Waals surface area contributed by atoms with Gasteiger partial charge in [-0.25, -0.2) is 4.98 Å². The summed E-state index contributed by atoms with van der Waals surface area (Å²) in [6.07, 6.45) is 0. The first-order chi connectivity index (χ1) is 12.0. The van der Waals surface area contributed by atoms with E-state index in [4.69, 9.17) is 23.2 Å². The van der Waals surface area contributed by atoms with Gasteiger partial charge < -0.3 is 0 Å². The third kappa shape index (κ3) is 2.41. The van der Waals surface area contributed by atoms with Crippen LogP contribution in [-0.4, -0.2) is 21.1 Å². The second kappa shape index (κ2) is 5.83. The van der Waals surface area contributed by atoms with Crippen LogP contribution in [0.1, 0.15) is 48.3 Å². The molecular weight excluding hydrogens is 359 g/mol. The van der Waals surface area contributed by atoms with E-state index in [0.717, 1.165) is 5.56 Å². The quantitative estimate of drug-likeness (QED) is 0.490. The van der Waals surface area contributed by atoms with Gasteiger partial charge in [-0.3, -0.25) is 14.2 Å². The molecule has 4 rings (SSSR count). The van der Waals surface area contributed by atoms with Gasteiger partial charge in [-0.05, 0) is 19.1 Å². The summed E-state index contributed by atoms with van der Waals surface area (Å²) in [5.74, 6) is -0.309. The van der Waals surface area contributed by atoms with Crippen LogP contribution in [0.3, 0.4) is 0 Å². The van der Waals surface area contributed by atoms with Crippen LogP contribution in [-0.2, 0) is 0 Å². The Hall–Kier alpha value is -2.43. The van der Waals surface area contributed by atoms with Crippen molar-refractivity contribution in [1.82, 2.24) is 9.55 Å². The smallest absolute Gasteiger partial charge is 0.214 e. The Kier molecular flexibility index (Phi) is 3.74. The lowest BCUT2D eigenvalue weighted by Crippen LogP contribution is -2.23. The van der Waals surface area contributed by atoms with Crippen molar-refractivity contribution in [2.45, 2.75) is 11.8 Å². The summed E-state index contributed by atoms with van der Waals surface area (Å²) in [7, 11) is 0. The highest BCUT2D eigenvalue weighted by Gasteiger charge is 2.37. The maximum Gasteiger partial charge on any atom is 0.214 e. The van der Waals surface area contributed by atoms with Gasteiger partial charge in [0.15, 0.2) is 4.84 Å². The summed E-state index contributed by atoms with van der Waals surface area (Å²) in [4.78, 5) is 29.2. The molecule has 0 spiro atoms. The molecule has 2 aromatic carbocycles. The Morgan fingerprint density at radius 3 is 2.12 bits per heavy atom. The molecule has 0 N–H and O–H groups in total. The van der Waals surface area contributed by atoms with Gasteiger partial charge in [0.1, 0.15) is 17.2 Å². The number of benzene rings is 2. The van der Waals surface area contributed by atoms with Crippen molar-refractivity contribution in [3.8, 4) is 5.69 Å². The van der Waals surface area contributed by atoms with Gasteiger partial charge in [-0.15, -0.1) is 0 Å². The van der Waals surface area contributed by atoms with Crippen molar-refractivity contribution in [2.24, 2.45) is 0 Å². The molecule has 25 heavy (non-hydrogen) atoms. The summed E-state index contributed by atoms with van der Waals surface area (Å²) in [5.41, 5.74) is 2.75. The molecule has 6 heteroatoms. The molecule has 0 amide bonds. The molecule has 1 aromatic heterocycles. The SMILES string of the molecule is Cc1ccc(-n2c(C(Cl)Cl)nc3c2C(=O)c2ccccc2C3=O)cc1. The second-order valence-corrected chi connectivity index (χ2v) is 6.94. The van der Waals surface area contributed by atoms with Crippen molar-refractivity contribution < 1.29 is 9.59 Å². The molecule has 1 heterocycles. The van der Waals surface area contributed by atoms with Crippen molar-refractivity contribution in [3.05, 3.63) is 82.4 Å². The Bertz CT molecular complexity index is 1020. The maximum atomic E-state index is 13.1. The number of ketones is 2. The second-order valence-electron chi connectivity index (χ2n) is 5.84. The van der Waals surface area contributed by atoms with Gasteiger partial charge >= 0.3 is 0 Å². The van der Waals surface area contributed by atoms with Crippen LogP contribution < -0.4 is 0 Å². The number of aromatic nitrogens is 2. The van der Waals surface area contributed by atoms with Crippen LogP contribution in [0.4, 0.5) is 0 Å². The van der Waals surface area contributed by atoms with E-state index in [-0.39, 0.29) is 28.8 Å². The predicted molar refractivity (Wildman–Crippen MR) is 96.1 cm³/mol. The Morgan fingerprint density at radius 2 is 1.52 bits per heavy atom. The van der Waals surface area contributed by atoms with Crippen LogP contribution in [0, 0.1) is 6.92 Å². The number of fused-ring (bicyclic) bond motifs is 2. The molecule has 0 saturated carbocycles. The van der Waals surface area contributed by atoms with E-state index in [1.54, 1.807) is 28.8 Å². The van der Waals surface area contributed by atoms with Gasteiger partial charge in [-0.1, -0.05) is 65.2 Å². The van der Waals surface area contributed by atoms with Gasteiger partial charge in [0.2, 0.25) is 11.6 Å². The first kappa shape index (κ1) is 16.1. The lowest BCUT2D eigenvalue weighted by Gasteiger charge is -2.16.